The average Bonchev–Trinajstić information content (AvgIpc) is 3.12. The third kappa shape index (κ3) is 4.21. The Balaban J connectivity index is 1.44. The minimum atomic E-state index is 0.0563. The van der Waals surface area contributed by atoms with E-state index in [1.54, 1.807) is 0 Å². The Kier molecular flexibility index (Phi) is 5.93. The Bertz CT molecular complexity index is 789. The first kappa shape index (κ1) is 19.0. The second-order valence-electron chi connectivity index (χ2n) is 7.82. The van der Waals surface area contributed by atoms with E-state index in [1.165, 1.54) is 21.7 Å². The SMILES string of the molecule is C[C@H](NC(=O)CN1CCc2ccccc21)[C@H](c1ccccc1)[NH+]1CCOCC1. The summed E-state index contributed by atoms with van der Waals surface area (Å²) in [5, 5.41) is 3.29. The van der Waals surface area contributed by atoms with Crippen molar-refractivity contribution in [3.05, 3.63) is 65.7 Å². The topological polar surface area (TPSA) is 46.0 Å². The van der Waals surface area contributed by atoms with Crippen LogP contribution in [0.2, 0.25) is 0 Å². The molecule has 5 heteroatoms. The quantitative estimate of drug-likeness (QED) is 0.792. The monoisotopic (exact) mass is 380 g/mol. The molecule has 0 spiro atoms. The molecule has 2 N–H and O–H groups in total. The number of ether oxygens (including phenoxy) is 1. The molecule has 0 unspecified atom stereocenters. The summed E-state index contributed by atoms with van der Waals surface area (Å²) in [7, 11) is 0. The first-order valence-electron chi connectivity index (χ1n) is 10.3. The highest BCUT2D eigenvalue weighted by molar-refractivity contribution is 5.82. The maximum absolute atomic E-state index is 12.9. The molecule has 5 nitrogen and oxygen atoms in total. The van der Waals surface area contributed by atoms with E-state index in [-0.39, 0.29) is 18.0 Å². The van der Waals surface area contributed by atoms with E-state index >= 15 is 0 Å². The number of amides is 1. The predicted molar refractivity (Wildman–Crippen MR) is 111 cm³/mol. The molecule has 1 amide bonds. The number of carbonyl (C=O) groups is 1. The van der Waals surface area contributed by atoms with E-state index in [0.717, 1.165) is 39.3 Å². The van der Waals surface area contributed by atoms with Crippen LogP contribution in [0, 0.1) is 0 Å². The Morgan fingerprint density at radius 2 is 1.82 bits per heavy atom. The highest BCUT2D eigenvalue weighted by atomic mass is 16.5. The number of nitrogens with zero attached hydrogens (tertiary/aromatic N) is 1. The number of hydrogen-bond acceptors (Lipinski definition) is 3. The lowest BCUT2D eigenvalue weighted by Gasteiger charge is -2.35. The molecular formula is C23H30N3O2+. The van der Waals surface area contributed by atoms with Gasteiger partial charge >= 0.3 is 0 Å². The molecule has 2 aromatic carbocycles. The summed E-state index contributed by atoms with van der Waals surface area (Å²) >= 11 is 0. The van der Waals surface area contributed by atoms with Crippen molar-refractivity contribution in [1.29, 1.82) is 0 Å². The van der Waals surface area contributed by atoms with Gasteiger partial charge in [-0.2, -0.15) is 0 Å². The molecule has 0 bridgehead atoms. The molecule has 1 fully saturated rings. The maximum atomic E-state index is 12.9. The number of rotatable bonds is 6. The largest absolute Gasteiger partial charge is 0.370 e. The van der Waals surface area contributed by atoms with Crippen LogP contribution in [0.25, 0.3) is 0 Å². The van der Waals surface area contributed by atoms with Gasteiger partial charge in [0, 0.05) is 17.8 Å². The van der Waals surface area contributed by atoms with E-state index in [9.17, 15) is 4.79 Å². The summed E-state index contributed by atoms with van der Waals surface area (Å²) < 4.78 is 5.55. The smallest absolute Gasteiger partial charge is 0.239 e. The summed E-state index contributed by atoms with van der Waals surface area (Å²) in [5.74, 6) is 0.0952. The first-order chi connectivity index (χ1) is 13.7. The molecule has 28 heavy (non-hydrogen) atoms. The Morgan fingerprint density at radius 3 is 2.61 bits per heavy atom. The van der Waals surface area contributed by atoms with Gasteiger partial charge in [0.15, 0.2) is 0 Å². The summed E-state index contributed by atoms with van der Waals surface area (Å²) in [6.07, 6.45) is 1.02. The van der Waals surface area contributed by atoms with Crippen LogP contribution in [0.3, 0.4) is 0 Å². The molecule has 1 saturated heterocycles. The van der Waals surface area contributed by atoms with Crippen LogP contribution in [0.15, 0.2) is 54.6 Å². The lowest BCUT2D eigenvalue weighted by Crippen LogP contribution is -3.15. The lowest BCUT2D eigenvalue weighted by molar-refractivity contribution is -0.940. The molecule has 0 aliphatic carbocycles. The molecule has 148 valence electrons. The summed E-state index contributed by atoms with van der Waals surface area (Å²) in [5.41, 5.74) is 3.81. The molecule has 2 heterocycles. The molecule has 2 aliphatic heterocycles. The number of quaternary nitrogens is 1. The molecule has 4 rings (SSSR count). The van der Waals surface area contributed by atoms with Gasteiger partial charge in [-0.25, -0.2) is 0 Å². The number of benzene rings is 2. The molecular weight excluding hydrogens is 350 g/mol. The van der Waals surface area contributed by atoms with Gasteiger partial charge in [0.1, 0.15) is 19.1 Å². The summed E-state index contributed by atoms with van der Waals surface area (Å²) in [6.45, 7) is 6.97. The first-order valence-corrected chi connectivity index (χ1v) is 10.3. The number of fused-ring (bicyclic) bond motifs is 1. The van der Waals surface area contributed by atoms with Crippen LogP contribution in [-0.4, -0.2) is 51.3 Å². The van der Waals surface area contributed by atoms with Crippen LogP contribution in [0.4, 0.5) is 5.69 Å². The highest BCUT2D eigenvalue weighted by Gasteiger charge is 2.32. The fourth-order valence-electron chi connectivity index (χ4n) is 4.61. The second-order valence-corrected chi connectivity index (χ2v) is 7.82. The number of hydrogen-bond donors (Lipinski definition) is 2. The molecule has 0 saturated carbocycles. The van der Waals surface area contributed by atoms with Crippen molar-refractivity contribution in [2.45, 2.75) is 25.4 Å². The fraction of sp³-hybridized carbons (Fsp3) is 0.435. The maximum Gasteiger partial charge on any atom is 0.239 e. The van der Waals surface area contributed by atoms with Crippen LogP contribution in [0.5, 0.6) is 0 Å². The van der Waals surface area contributed by atoms with Crippen molar-refractivity contribution < 1.29 is 14.4 Å². The third-order valence-corrected chi connectivity index (χ3v) is 5.94. The second kappa shape index (κ2) is 8.76. The number of carbonyl (C=O) groups excluding carboxylic acids is 1. The van der Waals surface area contributed by atoms with Gasteiger partial charge in [-0.15, -0.1) is 0 Å². The van der Waals surface area contributed by atoms with Crippen LogP contribution >= 0.6 is 0 Å². The number of anilines is 1. The van der Waals surface area contributed by atoms with Crippen molar-refractivity contribution in [3.63, 3.8) is 0 Å². The van der Waals surface area contributed by atoms with Gasteiger partial charge in [0.2, 0.25) is 5.91 Å². The third-order valence-electron chi connectivity index (χ3n) is 5.94. The van der Waals surface area contributed by atoms with Gasteiger partial charge in [-0.3, -0.25) is 4.79 Å². The number of para-hydroxylation sites is 1. The van der Waals surface area contributed by atoms with Gasteiger partial charge in [-0.05, 0) is 25.0 Å². The summed E-state index contributed by atoms with van der Waals surface area (Å²) in [6, 6.07) is 19.2. The Hall–Kier alpha value is -2.37. The predicted octanol–water partition coefficient (Wildman–Crippen LogP) is 1.21. The van der Waals surface area contributed by atoms with Crippen molar-refractivity contribution in [2.24, 2.45) is 0 Å². The average molecular weight is 381 g/mol. The van der Waals surface area contributed by atoms with E-state index in [1.807, 2.05) is 12.1 Å². The van der Waals surface area contributed by atoms with E-state index < -0.39 is 0 Å². The van der Waals surface area contributed by atoms with Crippen LogP contribution in [-0.2, 0) is 16.0 Å². The van der Waals surface area contributed by atoms with Gasteiger partial charge < -0.3 is 19.9 Å². The van der Waals surface area contributed by atoms with Crippen molar-refractivity contribution in [2.75, 3.05) is 44.3 Å². The van der Waals surface area contributed by atoms with Crippen LogP contribution < -0.4 is 15.1 Å². The van der Waals surface area contributed by atoms with Crippen molar-refractivity contribution >= 4 is 11.6 Å². The van der Waals surface area contributed by atoms with Crippen molar-refractivity contribution in [3.8, 4) is 0 Å². The zero-order valence-corrected chi connectivity index (χ0v) is 16.6. The molecule has 0 aromatic heterocycles. The van der Waals surface area contributed by atoms with Crippen LogP contribution in [0.1, 0.15) is 24.1 Å². The lowest BCUT2D eigenvalue weighted by atomic mass is 9.98. The minimum Gasteiger partial charge on any atom is -0.370 e. The Labute approximate surface area is 167 Å². The molecule has 2 aliphatic rings. The van der Waals surface area contributed by atoms with Gasteiger partial charge in [0.05, 0.1) is 25.8 Å². The normalized spacial score (nSPS) is 19.1. The summed E-state index contributed by atoms with van der Waals surface area (Å²) in [4.78, 5) is 16.5. The zero-order chi connectivity index (χ0) is 19.3. The number of nitrogens with one attached hydrogen (secondary N) is 2. The fourth-order valence-corrected chi connectivity index (χ4v) is 4.61. The molecule has 2 atom stereocenters. The Morgan fingerprint density at radius 1 is 1.11 bits per heavy atom. The molecule has 0 radical (unpaired) electrons. The minimum absolute atomic E-state index is 0.0563. The highest BCUT2D eigenvalue weighted by Crippen LogP contribution is 2.26. The van der Waals surface area contributed by atoms with E-state index in [0.29, 0.717) is 6.54 Å². The number of morpholine rings is 1. The van der Waals surface area contributed by atoms with Crippen molar-refractivity contribution in [1.82, 2.24) is 5.32 Å². The standard InChI is InChI=1S/C23H29N3O2/c1-18(23(20-8-3-2-4-9-20)25-13-15-28-16-14-25)24-22(27)17-26-12-11-19-7-5-6-10-21(19)26/h2-10,18,23H,11-17H2,1H3,(H,24,27)/p+1/t18-,23+/m0/s1. The van der Waals surface area contributed by atoms with E-state index in [2.05, 4.69) is 59.6 Å². The van der Waals surface area contributed by atoms with E-state index in [4.69, 9.17) is 4.74 Å². The zero-order valence-electron chi connectivity index (χ0n) is 16.6. The van der Waals surface area contributed by atoms with Gasteiger partial charge in [-0.1, -0.05) is 48.5 Å². The molecule has 2 aromatic rings. The van der Waals surface area contributed by atoms with Gasteiger partial charge in [0.25, 0.3) is 0 Å².